The van der Waals surface area contributed by atoms with E-state index >= 15 is 0 Å². The summed E-state index contributed by atoms with van der Waals surface area (Å²) < 4.78 is 0. The fourth-order valence-corrected chi connectivity index (χ4v) is 2.62. The predicted octanol–water partition coefficient (Wildman–Crippen LogP) is 1.27. The van der Waals surface area contributed by atoms with Crippen molar-refractivity contribution in [2.24, 2.45) is 0 Å². The molecule has 0 saturated carbocycles. The molecule has 2 nitrogen and oxygen atoms in total. The van der Waals surface area contributed by atoms with Gasteiger partial charge in [0.1, 0.15) is 0 Å². The van der Waals surface area contributed by atoms with E-state index in [0.717, 1.165) is 0 Å². The lowest BCUT2D eigenvalue weighted by atomic mass is 10.4. The van der Waals surface area contributed by atoms with Gasteiger partial charge in [0.25, 0.3) is 0 Å². The molecule has 1 saturated heterocycles. The molecule has 10 heavy (non-hydrogen) atoms. The molecule has 0 atom stereocenters. The van der Waals surface area contributed by atoms with Gasteiger partial charge in [-0.15, -0.1) is 0 Å². The van der Waals surface area contributed by atoms with Crippen LogP contribution in [0.15, 0.2) is 0 Å². The van der Waals surface area contributed by atoms with Crippen molar-refractivity contribution in [3.05, 3.63) is 0 Å². The molecule has 0 aromatic carbocycles. The van der Waals surface area contributed by atoms with Gasteiger partial charge in [-0.2, -0.15) is 0 Å². The summed E-state index contributed by atoms with van der Waals surface area (Å²) in [4.78, 5) is 4.88. The average molecular weight is 272 g/mol. The monoisotopic (exact) mass is 272 g/mol. The Bertz CT molecular complexity index is 93.7. The number of hydrogen-bond donors (Lipinski definition) is 0. The van der Waals surface area contributed by atoms with E-state index in [9.17, 15) is 0 Å². The lowest BCUT2D eigenvalue weighted by molar-refractivity contribution is 0.175. The highest BCUT2D eigenvalue weighted by atomic mass is 127. The van der Waals surface area contributed by atoms with Crippen molar-refractivity contribution in [1.82, 2.24) is 9.80 Å². The second-order valence-electron chi connectivity index (χ2n) is 2.66. The fourth-order valence-electron chi connectivity index (χ4n) is 1.05. The molecule has 1 fully saturated rings. The van der Waals surface area contributed by atoms with E-state index in [1.54, 1.807) is 0 Å². The van der Waals surface area contributed by atoms with Gasteiger partial charge in [-0.05, 0) is 28.3 Å². The summed E-state index contributed by atoms with van der Waals surface area (Å²) in [6.45, 7) is 4.95. The Morgan fingerprint density at radius 2 is 1.90 bits per heavy atom. The third kappa shape index (κ3) is 2.94. The van der Waals surface area contributed by atoms with E-state index in [-0.39, 0.29) is 0 Å². The second-order valence-corrected chi connectivity index (χ2v) is 5.00. The number of likely N-dealkylation sites (N-methyl/N-ethyl adjacent to an activating group) is 1. The first-order chi connectivity index (χ1) is 4.83. The third-order valence-corrected chi connectivity index (χ3v) is 3.13. The van der Waals surface area contributed by atoms with Crippen LogP contribution >= 0.6 is 30.1 Å². The normalized spacial score (nSPS) is 23.4. The van der Waals surface area contributed by atoms with E-state index < -0.39 is 0 Å². The van der Waals surface area contributed by atoms with Gasteiger partial charge < -0.3 is 4.90 Å². The Morgan fingerprint density at radius 3 is 2.40 bits per heavy atom. The van der Waals surface area contributed by atoms with Gasteiger partial charge in [0.05, 0.1) is 5.88 Å². The molecule has 0 aliphatic carbocycles. The highest BCUT2D eigenvalue weighted by Gasteiger charge is 2.12. The maximum atomic E-state index is 2.50. The highest BCUT2D eigenvalue weighted by molar-refractivity contribution is 14.2. The smallest absolute Gasteiger partial charge is 0.0546 e. The summed E-state index contributed by atoms with van der Waals surface area (Å²) in [6.07, 6.45) is 0. The summed E-state index contributed by atoms with van der Waals surface area (Å²) >= 11 is 2.36. The van der Waals surface area contributed by atoms with Gasteiger partial charge in [-0.25, -0.2) is 0 Å². The van der Waals surface area contributed by atoms with E-state index in [1.165, 1.54) is 32.1 Å². The predicted molar refractivity (Wildman–Crippen MR) is 55.5 cm³/mol. The van der Waals surface area contributed by atoms with E-state index in [2.05, 4.69) is 38.1 Å². The molecule has 0 amide bonds. The number of hydrogen-bond acceptors (Lipinski definition) is 3. The third-order valence-electron chi connectivity index (χ3n) is 1.83. The zero-order chi connectivity index (χ0) is 7.40. The molecule has 1 aliphatic heterocycles. The molecule has 1 aliphatic rings. The number of halogens is 1. The van der Waals surface area contributed by atoms with Crippen LogP contribution in [0.4, 0.5) is 0 Å². The first kappa shape index (κ1) is 9.09. The minimum absolute atomic E-state index is 1.19. The van der Waals surface area contributed by atoms with Crippen molar-refractivity contribution in [2.45, 2.75) is 0 Å². The van der Waals surface area contributed by atoms with Crippen LogP contribution in [0.3, 0.4) is 0 Å². The lowest BCUT2D eigenvalue weighted by Gasteiger charge is -2.31. The number of piperazine rings is 1. The molecule has 0 N–H and O–H groups in total. The number of rotatable bonds is 2. The van der Waals surface area contributed by atoms with Crippen molar-refractivity contribution in [3.8, 4) is 0 Å². The van der Waals surface area contributed by atoms with Crippen LogP contribution < -0.4 is 0 Å². The molecule has 60 valence electrons. The highest BCUT2D eigenvalue weighted by Crippen LogP contribution is 2.13. The molecule has 4 heteroatoms. The van der Waals surface area contributed by atoms with Gasteiger partial charge in [-0.3, -0.25) is 4.90 Å². The Morgan fingerprint density at radius 1 is 1.30 bits per heavy atom. The van der Waals surface area contributed by atoms with Gasteiger partial charge in [0.2, 0.25) is 0 Å². The minimum atomic E-state index is 1.19. The number of nitrogens with zero attached hydrogens (tertiary/aromatic N) is 2. The Kier molecular flexibility index (Phi) is 4.36. The van der Waals surface area contributed by atoms with Crippen molar-refractivity contribution in [2.75, 3.05) is 39.1 Å². The lowest BCUT2D eigenvalue weighted by Crippen LogP contribution is -2.43. The van der Waals surface area contributed by atoms with Crippen LogP contribution in [0, 0.1) is 0 Å². The molecule has 1 rings (SSSR count). The Balaban J connectivity index is 2.13. The zero-order valence-corrected chi connectivity index (χ0v) is 9.19. The summed E-state index contributed by atoms with van der Waals surface area (Å²) in [5.74, 6) is 1.19. The van der Waals surface area contributed by atoms with Crippen molar-refractivity contribution >= 4 is 30.1 Å². The fraction of sp³-hybridized carbons (Fsp3) is 1.00. The SMILES string of the molecule is CN1CCN(CSI)CC1. The summed E-state index contributed by atoms with van der Waals surface area (Å²) in [7, 11) is 4.08. The Hall–Kier alpha value is 1.00. The summed E-state index contributed by atoms with van der Waals surface area (Å²) in [5.41, 5.74) is 0. The molecule has 1 heterocycles. The van der Waals surface area contributed by atoms with Crippen LogP contribution in [-0.2, 0) is 0 Å². The van der Waals surface area contributed by atoms with E-state index in [0.29, 0.717) is 0 Å². The van der Waals surface area contributed by atoms with Crippen LogP contribution in [0.1, 0.15) is 0 Å². The zero-order valence-electron chi connectivity index (χ0n) is 6.22. The molecular weight excluding hydrogens is 259 g/mol. The molecule has 0 spiro atoms. The van der Waals surface area contributed by atoms with Crippen LogP contribution in [0.5, 0.6) is 0 Å². The van der Waals surface area contributed by atoms with Crippen molar-refractivity contribution in [3.63, 3.8) is 0 Å². The first-order valence-corrected chi connectivity index (χ1v) is 7.00. The molecule has 0 aromatic heterocycles. The van der Waals surface area contributed by atoms with E-state index in [4.69, 9.17) is 0 Å². The van der Waals surface area contributed by atoms with Gasteiger partial charge in [0.15, 0.2) is 0 Å². The largest absolute Gasteiger partial charge is 0.304 e. The molecule has 0 unspecified atom stereocenters. The first-order valence-electron chi connectivity index (χ1n) is 3.47. The quantitative estimate of drug-likeness (QED) is 0.699. The minimum Gasteiger partial charge on any atom is -0.304 e. The van der Waals surface area contributed by atoms with Gasteiger partial charge in [0, 0.05) is 26.2 Å². The summed E-state index contributed by atoms with van der Waals surface area (Å²) in [6, 6.07) is 0. The topological polar surface area (TPSA) is 6.48 Å². The molecule has 0 bridgehead atoms. The average Bonchev–Trinajstić information content (AvgIpc) is 1.95. The summed E-state index contributed by atoms with van der Waals surface area (Å²) in [5, 5.41) is 0. The molecular formula is C6H13IN2S. The second kappa shape index (κ2) is 4.79. The van der Waals surface area contributed by atoms with Crippen LogP contribution in [0.2, 0.25) is 0 Å². The van der Waals surface area contributed by atoms with Gasteiger partial charge >= 0.3 is 0 Å². The standard InChI is InChI=1S/C6H13IN2S/c1-8-2-4-9(5-3-8)6-10-7/h2-6H2,1H3. The molecule has 0 aromatic rings. The maximum Gasteiger partial charge on any atom is 0.0546 e. The van der Waals surface area contributed by atoms with E-state index in [1.807, 2.05) is 8.93 Å². The van der Waals surface area contributed by atoms with Crippen molar-refractivity contribution < 1.29 is 0 Å². The Labute approximate surface area is 78.9 Å². The maximum absolute atomic E-state index is 2.50. The molecule has 0 radical (unpaired) electrons. The van der Waals surface area contributed by atoms with Crippen LogP contribution in [-0.4, -0.2) is 48.9 Å². The van der Waals surface area contributed by atoms with Crippen LogP contribution in [0.25, 0.3) is 0 Å². The van der Waals surface area contributed by atoms with Gasteiger partial charge in [-0.1, -0.05) is 8.93 Å². The van der Waals surface area contributed by atoms with Crippen molar-refractivity contribution in [1.29, 1.82) is 0 Å².